The minimum atomic E-state index is -0.430. The molecule has 6 heteroatoms. The molecule has 0 radical (unpaired) electrons. The molecule has 0 heterocycles. The fraction of sp³-hybridized carbons (Fsp3) is 0.389. The Kier molecular flexibility index (Phi) is 18.8. The lowest BCUT2D eigenvalue weighted by molar-refractivity contribution is -0.136. The average Bonchev–Trinajstić information content (AvgIpc) is 2.98. The highest BCUT2D eigenvalue weighted by molar-refractivity contribution is 9.10. The van der Waals surface area contributed by atoms with Gasteiger partial charge in [-0.15, -0.1) is 0 Å². The first kappa shape index (κ1) is 38.6. The van der Waals surface area contributed by atoms with Crippen molar-refractivity contribution in [3.8, 4) is 11.5 Å². The molecular formula is C36H49BrO5. The van der Waals surface area contributed by atoms with Crippen molar-refractivity contribution in [3.05, 3.63) is 99.0 Å². The summed E-state index contributed by atoms with van der Waals surface area (Å²) in [4.78, 5) is 23.4. The van der Waals surface area contributed by atoms with Crippen molar-refractivity contribution in [1.29, 1.82) is 0 Å². The van der Waals surface area contributed by atoms with E-state index >= 15 is 0 Å². The maximum absolute atomic E-state index is 11.7. The Morgan fingerprint density at radius 3 is 1.88 bits per heavy atom. The summed E-state index contributed by atoms with van der Waals surface area (Å²) in [7, 11) is 1.39. The predicted molar refractivity (Wildman–Crippen MR) is 179 cm³/mol. The van der Waals surface area contributed by atoms with Crippen LogP contribution < -0.4 is 4.74 Å². The van der Waals surface area contributed by atoms with Gasteiger partial charge in [0.25, 0.3) is 0 Å². The first-order valence-corrected chi connectivity index (χ1v) is 15.4. The molecule has 3 aromatic rings. The standard InChI is InChI=1S/C19H19BrO3.C13H18O2.2C2H6/c1-4-14(19(21)22-3)11-17-13(2)10-16(12-18(17)20)23-15-8-6-5-7-9-15;1-5-10-6-8-11(9-7-10)12(14)15-13(2,3)4;2*1-2/h5-12H,4H2,1-3H3;6-9H,5H2,1-4H3;2*1-2H3/b14-11+;;;. The first-order valence-electron chi connectivity index (χ1n) is 14.6. The Labute approximate surface area is 262 Å². The average molecular weight is 642 g/mol. The van der Waals surface area contributed by atoms with Gasteiger partial charge in [-0.2, -0.15) is 0 Å². The van der Waals surface area contributed by atoms with Crippen LogP contribution in [0.25, 0.3) is 6.08 Å². The van der Waals surface area contributed by atoms with Gasteiger partial charge in [0.1, 0.15) is 17.1 Å². The number of rotatable bonds is 7. The van der Waals surface area contributed by atoms with Crippen molar-refractivity contribution < 1.29 is 23.8 Å². The molecule has 0 aliphatic rings. The van der Waals surface area contributed by atoms with Crippen LogP contribution in [0, 0.1) is 6.92 Å². The number of para-hydroxylation sites is 1. The highest BCUT2D eigenvalue weighted by Crippen LogP contribution is 2.31. The van der Waals surface area contributed by atoms with Gasteiger partial charge in [-0.25, -0.2) is 9.59 Å². The first-order chi connectivity index (χ1) is 20.0. The molecule has 0 bridgehead atoms. The lowest BCUT2D eigenvalue weighted by Gasteiger charge is -2.19. The second kappa shape index (κ2) is 20.5. The predicted octanol–water partition coefficient (Wildman–Crippen LogP) is 10.8. The van der Waals surface area contributed by atoms with Gasteiger partial charge in [-0.1, -0.05) is 87.8 Å². The molecule has 3 rings (SSSR count). The molecule has 5 nitrogen and oxygen atoms in total. The summed E-state index contributed by atoms with van der Waals surface area (Å²) >= 11 is 3.56. The van der Waals surface area contributed by atoms with Crippen molar-refractivity contribution in [3.63, 3.8) is 0 Å². The van der Waals surface area contributed by atoms with Crippen LogP contribution in [0.2, 0.25) is 0 Å². The lowest BCUT2D eigenvalue weighted by Crippen LogP contribution is -2.23. The van der Waals surface area contributed by atoms with E-state index in [1.807, 2.05) is 135 Å². The normalized spacial score (nSPS) is 10.4. The van der Waals surface area contributed by atoms with Crippen molar-refractivity contribution >= 4 is 33.9 Å². The minimum Gasteiger partial charge on any atom is -0.466 e. The molecule has 3 aromatic carbocycles. The van der Waals surface area contributed by atoms with Crippen molar-refractivity contribution in [2.75, 3.05) is 7.11 Å². The molecule has 230 valence electrons. The third-order valence-corrected chi connectivity index (χ3v) is 6.09. The molecule has 0 aliphatic heterocycles. The molecule has 0 atom stereocenters. The topological polar surface area (TPSA) is 61.8 Å². The molecule has 0 fully saturated rings. The van der Waals surface area contributed by atoms with E-state index in [4.69, 9.17) is 14.2 Å². The van der Waals surface area contributed by atoms with Crippen LogP contribution >= 0.6 is 15.9 Å². The molecule has 0 spiro atoms. The summed E-state index contributed by atoms with van der Waals surface area (Å²) < 4.78 is 16.8. The maximum atomic E-state index is 11.7. The van der Waals surface area contributed by atoms with Crippen LogP contribution in [-0.2, 0) is 20.7 Å². The van der Waals surface area contributed by atoms with Gasteiger partial charge in [-0.05, 0) is 99.7 Å². The number of hydrogen-bond acceptors (Lipinski definition) is 5. The van der Waals surface area contributed by atoms with Crippen LogP contribution in [-0.4, -0.2) is 24.6 Å². The smallest absolute Gasteiger partial charge is 0.338 e. The van der Waals surface area contributed by atoms with E-state index in [2.05, 4.69) is 22.9 Å². The van der Waals surface area contributed by atoms with E-state index in [1.165, 1.54) is 12.7 Å². The molecule has 0 aliphatic carbocycles. The second-order valence-corrected chi connectivity index (χ2v) is 10.5. The fourth-order valence-corrected chi connectivity index (χ4v) is 4.07. The van der Waals surface area contributed by atoms with Gasteiger partial charge in [0.15, 0.2) is 0 Å². The molecule has 0 amide bonds. The number of carbonyl (C=O) groups excluding carboxylic acids is 2. The number of halogens is 1. The number of esters is 2. The molecule has 0 saturated heterocycles. The molecule has 42 heavy (non-hydrogen) atoms. The number of carbonyl (C=O) groups is 2. The molecular weight excluding hydrogens is 592 g/mol. The van der Waals surface area contributed by atoms with Crippen LogP contribution in [0.1, 0.15) is 95.8 Å². The third-order valence-electron chi connectivity index (χ3n) is 5.43. The number of methoxy groups -OCH3 is 1. The highest BCUT2D eigenvalue weighted by Gasteiger charge is 2.17. The largest absolute Gasteiger partial charge is 0.466 e. The van der Waals surface area contributed by atoms with Gasteiger partial charge in [0.05, 0.1) is 12.7 Å². The van der Waals surface area contributed by atoms with Crippen LogP contribution in [0.4, 0.5) is 0 Å². The van der Waals surface area contributed by atoms with E-state index in [0.29, 0.717) is 17.6 Å². The zero-order valence-electron chi connectivity index (χ0n) is 27.3. The third kappa shape index (κ3) is 14.0. The zero-order chi connectivity index (χ0) is 32.3. The van der Waals surface area contributed by atoms with E-state index < -0.39 is 5.60 Å². The summed E-state index contributed by atoms with van der Waals surface area (Å²) in [6.07, 6.45) is 3.45. The molecule has 0 aromatic heterocycles. The van der Waals surface area contributed by atoms with Crippen LogP contribution in [0.3, 0.4) is 0 Å². The summed E-state index contributed by atoms with van der Waals surface area (Å²) in [5.74, 6) is 0.966. The summed E-state index contributed by atoms with van der Waals surface area (Å²) in [5.41, 5.74) is 4.01. The fourth-order valence-electron chi connectivity index (χ4n) is 3.41. The van der Waals surface area contributed by atoms with Gasteiger partial charge in [0, 0.05) is 10.0 Å². The van der Waals surface area contributed by atoms with Crippen molar-refractivity contribution in [2.24, 2.45) is 0 Å². The molecule has 0 unspecified atom stereocenters. The SMILES string of the molecule is CC.CC.CC/C(=C\c1c(C)cc(Oc2ccccc2)cc1Br)C(=O)OC.CCc1ccc(C(=O)OC(C)(C)C)cc1. The van der Waals surface area contributed by atoms with Crippen molar-refractivity contribution in [1.82, 2.24) is 0 Å². The van der Waals surface area contributed by atoms with Gasteiger partial charge in [-0.3, -0.25) is 0 Å². The van der Waals surface area contributed by atoms with Gasteiger partial charge in [0.2, 0.25) is 0 Å². The molecule has 0 N–H and O–H groups in total. The highest BCUT2D eigenvalue weighted by atomic mass is 79.9. The van der Waals surface area contributed by atoms with Crippen LogP contribution in [0.15, 0.2) is 76.8 Å². The summed E-state index contributed by atoms with van der Waals surface area (Å²) in [6.45, 7) is 19.6. The number of ether oxygens (including phenoxy) is 3. The quantitative estimate of drug-likeness (QED) is 0.190. The second-order valence-electron chi connectivity index (χ2n) is 9.62. The van der Waals surface area contributed by atoms with Gasteiger partial charge >= 0.3 is 11.9 Å². The van der Waals surface area contributed by atoms with Crippen molar-refractivity contribution in [2.45, 2.75) is 87.7 Å². The Morgan fingerprint density at radius 1 is 0.857 bits per heavy atom. The van der Waals surface area contributed by atoms with E-state index in [1.54, 1.807) is 0 Å². The Morgan fingerprint density at radius 2 is 1.43 bits per heavy atom. The lowest BCUT2D eigenvalue weighted by atomic mass is 10.0. The zero-order valence-corrected chi connectivity index (χ0v) is 28.8. The summed E-state index contributed by atoms with van der Waals surface area (Å²) in [5, 5.41) is 0. The maximum Gasteiger partial charge on any atom is 0.338 e. The minimum absolute atomic E-state index is 0.259. The number of hydrogen-bond donors (Lipinski definition) is 0. The van der Waals surface area contributed by atoms with Gasteiger partial charge < -0.3 is 14.2 Å². The number of aryl methyl sites for hydroxylation is 2. The molecule has 0 saturated carbocycles. The van der Waals surface area contributed by atoms with E-state index in [0.717, 1.165) is 33.5 Å². The van der Waals surface area contributed by atoms with E-state index in [-0.39, 0.29) is 11.9 Å². The van der Waals surface area contributed by atoms with E-state index in [9.17, 15) is 9.59 Å². The van der Waals surface area contributed by atoms with Crippen LogP contribution in [0.5, 0.6) is 11.5 Å². The monoisotopic (exact) mass is 640 g/mol. The number of benzene rings is 3. The summed E-state index contributed by atoms with van der Waals surface area (Å²) in [6, 6.07) is 21.0. The Balaban J connectivity index is 0.000000766. The Hall–Kier alpha value is -3.38. The Bertz CT molecular complexity index is 1220.